The lowest BCUT2D eigenvalue weighted by molar-refractivity contribution is 0.224. The van der Waals surface area contributed by atoms with Crippen molar-refractivity contribution in [1.82, 2.24) is 15.2 Å². The number of fused-ring (bicyclic) bond motifs is 3. The van der Waals surface area contributed by atoms with Gasteiger partial charge in [-0.15, -0.1) is 10.2 Å². The molecular formula is C25H22N4OS. The molecule has 3 aromatic carbocycles. The molecule has 0 saturated heterocycles. The van der Waals surface area contributed by atoms with E-state index in [4.69, 9.17) is 9.72 Å². The number of hydrogen-bond acceptors (Lipinski definition) is 6. The van der Waals surface area contributed by atoms with Gasteiger partial charge in [0.25, 0.3) is 0 Å². The first kappa shape index (κ1) is 19.6. The number of benzene rings is 3. The van der Waals surface area contributed by atoms with Crippen LogP contribution in [0, 0.1) is 13.8 Å². The Balaban J connectivity index is 1.49. The van der Waals surface area contributed by atoms with Gasteiger partial charge < -0.3 is 10.1 Å². The van der Waals surface area contributed by atoms with Crippen LogP contribution in [0.5, 0.6) is 5.88 Å². The van der Waals surface area contributed by atoms with E-state index in [1.807, 2.05) is 36.4 Å². The van der Waals surface area contributed by atoms with Crippen LogP contribution in [-0.2, 0) is 5.75 Å². The number of nitrogens with one attached hydrogen (secondary N) is 1. The van der Waals surface area contributed by atoms with Crippen LogP contribution < -0.4 is 10.1 Å². The SMILES string of the molecule is Cc1ccc(CSc2nnc3c(n2)O[C@H](c2ccccc2C)Nc2ccccc2-3)cc1. The molecule has 1 aromatic heterocycles. The fraction of sp³-hybridized carbons (Fsp3) is 0.160. The highest BCUT2D eigenvalue weighted by molar-refractivity contribution is 7.98. The number of ether oxygens (including phenoxy) is 1. The Labute approximate surface area is 185 Å². The molecule has 6 heteroatoms. The molecule has 0 radical (unpaired) electrons. The van der Waals surface area contributed by atoms with Crippen molar-refractivity contribution in [3.05, 3.63) is 95.1 Å². The largest absolute Gasteiger partial charge is 0.448 e. The lowest BCUT2D eigenvalue weighted by Gasteiger charge is -2.21. The summed E-state index contributed by atoms with van der Waals surface area (Å²) in [6, 6.07) is 24.7. The normalized spacial score (nSPS) is 14.6. The average molecular weight is 427 g/mol. The molecule has 1 atom stereocenters. The van der Waals surface area contributed by atoms with Gasteiger partial charge in [-0.25, -0.2) is 0 Å². The van der Waals surface area contributed by atoms with Gasteiger partial charge >= 0.3 is 0 Å². The van der Waals surface area contributed by atoms with E-state index in [0.717, 1.165) is 28.1 Å². The molecule has 0 saturated carbocycles. The van der Waals surface area contributed by atoms with Gasteiger partial charge in [-0.2, -0.15) is 4.98 Å². The van der Waals surface area contributed by atoms with E-state index >= 15 is 0 Å². The lowest BCUT2D eigenvalue weighted by Crippen LogP contribution is -2.18. The average Bonchev–Trinajstić information content (AvgIpc) is 2.95. The fourth-order valence-corrected chi connectivity index (χ4v) is 4.30. The maximum Gasteiger partial charge on any atom is 0.247 e. The van der Waals surface area contributed by atoms with Crippen LogP contribution in [0.3, 0.4) is 0 Å². The van der Waals surface area contributed by atoms with Crippen LogP contribution >= 0.6 is 11.8 Å². The third-order valence-corrected chi connectivity index (χ3v) is 6.20. The smallest absolute Gasteiger partial charge is 0.247 e. The highest BCUT2D eigenvalue weighted by atomic mass is 32.2. The van der Waals surface area contributed by atoms with Crippen molar-refractivity contribution in [2.24, 2.45) is 0 Å². The predicted molar refractivity (Wildman–Crippen MR) is 124 cm³/mol. The summed E-state index contributed by atoms with van der Waals surface area (Å²) in [6.07, 6.45) is -0.366. The number of aryl methyl sites for hydroxylation is 2. The van der Waals surface area contributed by atoms with Crippen molar-refractivity contribution >= 4 is 17.4 Å². The number of para-hydroxylation sites is 1. The van der Waals surface area contributed by atoms with Crippen LogP contribution in [0.15, 0.2) is 78.0 Å². The summed E-state index contributed by atoms with van der Waals surface area (Å²) in [5, 5.41) is 13.0. The molecule has 4 aromatic rings. The van der Waals surface area contributed by atoms with Gasteiger partial charge in [0, 0.05) is 22.6 Å². The van der Waals surface area contributed by atoms with Crippen molar-refractivity contribution in [3.63, 3.8) is 0 Å². The highest BCUT2D eigenvalue weighted by Crippen LogP contribution is 2.40. The first-order valence-electron chi connectivity index (χ1n) is 10.2. The minimum absolute atomic E-state index is 0.366. The topological polar surface area (TPSA) is 59.9 Å². The Morgan fingerprint density at radius 3 is 2.52 bits per heavy atom. The van der Waals surface area contributed by atoms with Gasteiger partial charge in [0.15, 0.2) is 11.9 Å². The van der Waals surface area contributed by atoms with Crippen LogP contribution in [0.1, 0.15) is 28.5 Å². The van der Waals surface area contributed by atoms with E-state index < -0.39 is 0 Å². The van der Waals surface area contributed by atoms with Gasteiger partial charge in [0.2, 0.25) is 11.0 Å². The fourth-order valence-electron chi connectivity index (χ4n) is 3.56. The minimum atomic E-state index is -0.366. The van der Waals surface area contributed by atoms with E-state index in [1.165, 1.54) is 11.1 Å². The quantitative estimate of drug-likeness (QED) is 0.407. The number of anilines is 1. The molecule has 5 nitrogen and oxygen atoms in total. The molecule has 5 rings (SSSR count). The summed E-state index contributed by atoms with van der Waals surface area (Å²) in [5.74, 6) is 1.27. The summed E-state index contributed by atoms with van der Waals surface area (Å²) in [6.45, 7) is 4.17. The monoisotopic (exact) mass is 426 g/mol. The number of rotatable bonds is 4. The Bertz CT molecular complexity index is 1230. The molecule has 31 heavy (non-hydrogen) atoms. The van der Waals surface area contributed by atoms with E-state index in [0.29, 0.717) is 16.7 Å². The molecule has 0 aliphatic carbocycles. The van der Waals surface area contributed by atoms with E-state index in [-0.39, 0.29) is 6.23 Å². The zero-order valence-electron chi connectivity index (χ0n) is 17.4. The minimum Gasteiger partial charge on any atom is -0.448 e. The Morgan fingerprint density at radius 1 is 0.903 bits per heavy atom. The number of thioether (sulfide) groups is 1. The van der Waals surface area contributed by atoms with Gasteiger partial charge in [-0.1, -0.05) is 84.1 Å². The summed E-state index contributed by atoms with van der Waals surface area (Å²) in [5.41, 5.74) is 7.22. The number of nitrogens with zero attached hydrogens (tertiary/aromatic N) is 3. The molecule has 0 fully saturated rings. The second kappa shape index (κ2) is 8.40. The van der Waals surface area contributed by atoms with Crippen molar-refractivity contribution < 1.29 is 4.74 Å². The summed E-state index contributed by atoms with van der Waals surface area (Å²) >= 11 is 1.56. The van der Waals surface area contributed by atoms with E-state index in [1.54, 1.807) is 11.8 Å². The molecule has 0 unspecified atom stereocenters. The third kappa shape index (κ3) is 4.11. The first-order chi connectivity index (χ1) is 15.2. The van der Waals surface area contributed by atoms with Gasteiger partial charge in [-0.3, -0.25) is 0 Å². The Morgan fingerprint density at radius 2 is 1.68 bits per heavy atom. The molecule has 2 heterocycles. The van der Waals surface area contributed by atoms with Gasteiger partial charge in [0.1, 0.15) is 0 Å². The predicted octanol–water partition coefficient (Wildman–Crippen LogP) is 5.95. The molecule has 0 amide bonds. The Kier molecular flexibility index (Phi) is 5.30. The zero-order valence-corrected chi connectivity index (χ0v) is 18.2. The van der Waals surface area contributed by atoms with Crippen molar-refractivity contribution in [2.75, 3.05) is 5.32 Å². The first-order valence-corrected chi connectivity index (χ1v) is 11.2. The maximum absolute atomic E-state index is 6.38. The Hall–Kier alpha value is -3.38. The van der Waals surface area contributed by atoms with Crippen molar-refractivity contribution in [2.45, 2.75) is 31.0 Å². The zero-order chi connectivity index (χ0) is 21.2. The van der Waals surface area contributed by atoms with E-state index in [2.05, 4.69) is 65.8 Å². The van der Waals surface area contributed by atoms with Crippen LogP contribution in [0.2, 0.25) is 0 Å². The second-order valence-corrected chi connectivity index (χ2v) is 8.51. The highest BCUT2D eigenvalue weighted by Gasteiger charge is 2.26. The molecule has 0 bridgehead atoms. The third-order valence-electron chi connectivity index (χ3n) is 5.29. The molecule has 1 aliphatic heterocycles. The van der Waals surface area contributed by atoms with Crippen LogP contribution in [0.25, 0.3) is 11.3 Å². The molecular weight excluding hydrogens is 404 g/mol. The molecule has 1 N–H and O–H groups in total. The van der Waals surface area contributed by atoms with Crippen molar-refractivity contribution in [1.29, 1.82) is 0 Å². The lowest BCUT2D eigenvalue weighted by atomic mass is 10.1. The standard InChI is InChI=1S/C25H22N4OS/c1-16-11-13-18(14-12-16)15-31-25-27-24-22(28-29-25)20-9-5-6-10-21(20)26-23(30-24)19-8-4-3-7-17(19)2/h3-14,23,26H,15H2,1-2H3/t23-/m1/s1. The molecule has 0 spiro atoms. The molecule has 154 valence electrons. The van der Waals surface area contributed by atoms with Gasteiger partial charge in [-0.05, 0) is 31.0 Å². The van der Waals surface area contributed by atoms with Gasteiger partial charge in [0.05, 0.1) is 0 Å². The maximum atomic E-state index is 6.38. The second-order valence-electron chi connectivity index (χ2n) is 7.57. The van der Waals surface area contributed by atoms with E-state index in [9.17, 15) is 0 Å². The van der Waals surface area contributed by atoms with Crippen molar-refractivity contribution in [3.8, 4) is 17.1 Å². The van der Waals surface area contributed by atoms with Crippen LogP contribution in [-0.4, -0.2) is 15.2 Å². The summed E-state index contributed by atoms with van der Waals surface area (Å²) < 4.78 is 6.38. The number of hydrogen-bond donors (Lipinski definition) is 1. The number of aromatic nitrogens is 3. The summed E-state index contributed by atoms with van der Waals surface area (Å²) in [7, 11) is 0. The molecule has 1 aliphatic rings. The summed E-state index contributed by atoms with van der Waals surface area (Å²) in [4.78, 5) is 4.74. The van der Waals surface area contributed by atoms with Crippen LogP contribution in [0.4, 0.5) is 5.69 Å².